The Bertz CT molecular complexity index is 941. The Labute approximate surface area is 160 Å². The number of nitrogens with zero attached hydrogens (tertiary/aromatic N) is 1. The number of ether oxygens (including phenoxy) is 1. The summed E-state index contributed by atoms with van der Waals surface area (Å²) in [5.74, 6) is 0.386. The largest absolute Gasteiger partial charge is 0.492 e. The average Bonchev–Trinajstić information content (AvgIpc) is 2.64. The molecule has 6 nitrogen and oxygen atoms in total. The third-order valence-corrected chi connectivity index (χ3v) is 5.93. The van der Waals surface area contributed by atoms with Crippen molar-refractivity contribution in [1.82, 2.24) is 0 Å². The second-order valence-corrected chi connectivity index (χ2v) is 8.14. The summed E-state index contributed by atoms with van der Waals surface area (Å²) in [7, 11) is -3.82. The molecule has 27 heavy (non-hydrogen) atoms. The van der Waals surface area contributed by atoms with Crippen LogP contribution in [0.4, 0.5) is 11.4 Å². The summed E-state index contributed by atoms with van der Waals surface area (Å²) in [4.78, 5) is 14.1. The maximum atomic E-state index is 12.9. The molecule has 0 aliphatic carbocycles. The number of hydrogen-bond donors (Lipinski definition) is 1. The first-order valence-corrected chi connectivity index (χ1v) is 10.6. The fourth-order valence-electron chi connectivity index (χ4n) is 3.18. The van der Waals surface area contributed by atoms with E-state index in [1.54, 1.807) is 42.2 Å². The second kappa shape index (κ2) is 8.00. The molecular formula is C20H24N2O4S. The lowest BCUT2D eigenvalue weighted by atomic mass is 10.1. The summed E-state index contributed by atoms with van der Waals surface area (Å²) in [6.07, 6.45) is 2.37. The Hall–Kier alpha value is -2.54. The van der Waals surface area contributed by atoms with Gasteiger partial charge in [0, 0.05) is 18.7 Å². The number of nitrogens with one attached hydrogen (secondary N) is 1. The van der Waals surface area contributed by atoms with Crippen LogP contribution in [0.3, 0.4) is 0 Å². The van der Waals surface area contributed by atoms with Crippen molar-refractivity contribution >= 4 is 27.3 Å². The lowest BCUT2D eigenvalue weighted by molar-refractivity contribution is -0.119. The van der Waals surface area contributed by atoms with Gasteiger partial charge in [-0.3, -0.25) is 9.52 Å². The van der Waals surface area contributed by atoms with Crippen molar-refractivity contribution in [3.05, 3.63) is 48.0 Å². The summed E-state index contributed by atoms with van der Waals surface area (Å²) in [5, 5.41) is 0. The van der Waals surface area contributed by atoms with Crippen LogP contribution in [-0.4, -0.2) is 27.5 Å². The molecule has 0 unspecified atom stereocenters. The Balaban J connectivity index is 1.92. The van der Waals surface area contributed by atoms with E-state index in [4.69, 9.17) is 4.74 Å². The maximum Gasteiger partial charge on any atom is 0.265 e. The smallest absolute Gasteiger partial charge is 0.265 e. The molecular weight excluding hydrogens is 364 g/mol. The number of rotatable bonds is 6. The summed E-state index contributed by atoms with van der Waals surface area (Å²) < 4.78 is 33.8. The second-order valence-electron chi connectivity index (χ2n) is 6.49. The highest BCUT2D eigenvalue weighted by Gasteiger charge is 2.23. The lowest BCUT2D eigenvalue weighted by Gasteiger charge is -2.28. The predicted molar refractivity (Wildman–Crippen MR) is 106 cm³/mol. The molecule has 144 valence electrons. The van der Waals surface area contributed by atoms with Crippen molar-refractivity contribution in [1.29, 1.82) is 0 Å². The fraction of sp³-hybridized carbons (Fsp3) is 0.350. The Morgan fingerprint density at radius 1 is 1.15 bits per heavy atom. The molecule has 2 aromatic carbocycles. The number of anilines is 2. The normalized spacial score (nSPS) is 14.9. The van der Waals surface area contributed by atoms with Gasteiger partial charge in [0.15, 0.2) is 0 Å². The molecule has 0 spiro atoms. The third-order valence-electron chi connectivity index (χ3n) is 4.51. The first kappa shape index (κ1) is 19.2. The van der Waals surface area contributed by atoms with Crippen molar-refractivity contribution < 1.29 is 17.9 Å². The fourth-order valence-corrected chi connectivity index (χ4v) is 4.38. The van der Waals surface area contributed by atoms with E-state index in [0.29, 0.717) is 31.0 Å². The minimum absolute atomic E-state index is 0.0750. The van der Waals surface area contributed by atoms with Gasteiger partial charge in [-0.15, -0.1) is 0 Å². The van der Waals surface area contributed by atoms with Gasteiger partial charge in [-0.1, -0.05) is 18.2 Å². The SMILES string of the molecule is CCOc1ccccc1S(=O)(=O)Nc1ccc(C)c(N2CCCCC2=O)c1. The highest BCUT2D eigenvalue weighted by atomic mass is 32.2. The first-order chi connectivity index (χ1) is 12.9. The molecule has 1 heterocycles. The van der Waals surface area contributed by atoms with Crippen LogP contribution in [0.25, 0.3) is 0 Å². The van der Waals surface area contributed by atoms with Crippen molar-refractivity contribution in [2.45, 2.75) is 38.0 Å². The minimum Gasteiger partial charge on any atom is -0.492 e. The monoisotopic (exact) mass is 388 g/mol. The predicted octanol–water partition coefficient (Wildman–Crippen LogP) is 3.71. The molecule has 0 atom stereocenters. The van der Waals surface area contributed by atoms with E-state index in [9.17, 15) is 13.2 Å². The highest BCUT2D eigenvalue weighted by molar-refractivity contribution is 7.92. The summed E-state index contributed by atoms with van der Waals surface area (Å²) in [5.41, 5.74) is 2.10. The summed E-state index contributed by atoms with van der Waals surface area (Å²) in [6.45, 7) is 4.75. The summed E-state index contributed by atoms with van der Waals surface area (Å²) >= 11 is 0. The Kier molecular flexibility index (Phi) is 5.70. The number of hydrogen-bond acceptors (Lipinski definition) is 4. The minimum atomic E-state index is -3.82. The molecule has 0 aromatic heterocycles. The molecule has 0 saturated carbocycles. The van der Waals surface area contributed by atoms with Crippen molar-refractivity contribution in [3.63, 3.8) is 0 Å². The maximum absolute atomic E-state index is 12.9. The van der Waals surface area contributed by atoms with Crippen LogP contribution < -0.4 is 14.4 Å². The van der Waals surface area contributed by atoms with E-state index in [1.165, 1.54) is 6.07 Å². The molecule has 1 aliphatic heterocycles. The number of carbonyl (C=O) groups is 1. The van der Waals surface area contributed by atoms with E-state index in [2.05, 4.69) is 4.72 Å². The van der Waals surface area contributed by atoms with Crippen LogP contribution in [0.5, 0.6) is 5.75 Å². The zero-order valence-corrected chi connectivity index (χ0v) is 16.4. The molecule has 0 bridgehead atoms. The van der Waals surface area contributed by atoms with Gasteiger partial charge in [0.2, 0.25) is 5.91 Å². The molecule has 1 fully saturated rings. The van der Waals surface area contributed by atoms with Crippen LogP contribution in [-0.2, 0) is 14.8 Å². The van der Waals surface area contributed by atoms with E-state index in [0.717, 1.165) is 24.1 Å². The van der Waals surface area contributed by atoms with E-state index in [1.807, 2.05) is 13.0 Å². The van der Waals surface area contributed by atoms with Crippen LogP contribution >= 0.6 is 0 Å². The van der Waals surface area contributed by atoms with Gasteiger partial charge in [0.25, 0.3) is 10.0 Å². The van der Waals surface area contributed by atoms with Crippen molar-refractivity contribution in [3.8, 4) is 5.75 Å². The van der Waals surface area contributed by atoms with Crippen LogP contribution in [0.1, 0.15) is 31.7 Å². The quantitative estimate of drug-likeness (QED) is 0.818. The molecule has 1 aliphatic rings. The number of para-hydroxylation sites is 1. The van der Waals surface area contributed by atoms with Gasteiger partial charge in [-0.25, -0.2) is 8.42 Å². The van der Waals surface area contributed by atoms with Crippen LogP contribution in [0.15, 0.2) is 47.4 Å². The van der Waals surface area contributed by atoms with Gasteiger partial charge < -0.3 is 9.64 Å². The van der Waals surface area contributed by atoms with E-state index < -0.39 is 10.0 Å². The van der Waals surface area contributed by atoms with Crippen molar-refractivity contribution in [2.75, 3.05) is 22.8 Å². The molecule has 1 N–H and O–H groups in total. The standard InChI is InChI=1S/C20H24N2O4S/c1-3-26-18-8-4-5-9-19(18)27(24,25)21-16-12-11-15(2)17(14-16)22-13-7-6-10-20(22)23/h4-5,8-9,11-12,14,21H,3,6-7,10,13H2,1-2H3. The molecule has 1 saturated heterocycles. The molecule has 7 heteroatoms. The molecule has 3 rings (SSSR count). The first-order valence-electron chi connectivity index (χ1n) is 9.08. The zero-order valence-electron chi connectivity index (χ0n) is 15.6. The van der Waals surface area contributed by atoms with Crippen LogP contribution in [0.2, 0.25) is 0 Å². The molecule has 0 radical (unpaired) electrons. The Morgan fingerprint density at radius 3 is 2.67 bits per heavy atom. The van der Waals surface area contributed by atoms with Gasteiger partial charge in [-0.05, 0) is 56.5 Å². The summed E-state index contributed by atoms with van der Waals surface area (Å²) in [6, 6.07) is 11.8. The van der Waals surface area contributed by atoms with E-state index >= 15 is 0 Å². The van der Waals surface area contributed by atoms with Gasteiger partial charge >= 0.3 is 0 Å². The number of piperidine rings is 1. The number of benzene rings is 2. The zero-order chi connectivity index (χ0) is 19.4. The third kappa shape index (κ3) is 4.24. The van der Waals surface area contributed by atoms with Gasteiger partial charge in [-0.2, -0.15) is 0 Å². The number of aryl methyl sites for hydroxylation is 1. The Morgan fingerprint density at radius 2 is 1.93 bits per heavy atom. The average molecular weight is 388 g/mol. The molecule has 2 aromatic rings. The lowest BCUT2D eigenvalue weighted by Crippen LogP contribution is -2.35. The van der Waals surface area contributed by atoms with Gasteiger partial charge in [0.05, 0.1) is 12.3 Å². The van der Waals surface area contributed by atoms with E-state index in [-0.39, 0.29) is 10.8 Å². The van der Waals surface area contributed by atoms with Gasteiger partial charge in [0.1, 0.15) is 10.6 Å². The molecule has 1 amide bonds. The topological polar surface area (TPSA) is 75.7 Å². The number of amides is 1. The van der Waals surface area contributed by atoms with Crippen LogP contribution in [0, 0.1) is 6.92 Å². The van der Waals surface area contributed by atoms with Crippen molar-refractivity contribution in [2.24, 2.45) is 0 Å². The number of carbonyl (C=O) groups excluding carboxylic acids is 1. The highest BCUT2D eigenvalue weighted by Crippen LogP contribution is 2.30. The number of sulfonamides is 1.